The van der Waals surface area contributed by atoms with Gasteiger partial charge < -0.3 is 29.8 Å². The summed E-state index contributed by atoms with van der Waals surface area (Å²) >= 11 is 0. The number of aliphatic hydroxyl groups is 1. The zero-order valence-electron chi connectivity index (χ0n) is 22.1. The number of fused-ring (bicyclic) bond motifs is 2. The first-order valence-electron chi connectivity index (χ1n) is 14.0. The molecule has 206 valence electrons. The summed E-state index contributed by atoms with van der Waals surface area (Å²) in [5, 5.41) is 24.7. The number of oxazole rings is 1. The highest BCUT2D eigenvalue weighted by Crippen LogP contribution is 2.48. The third kappa shape index (κ3) is 5.26. The average molecular weight is 533 g/mol. The zero-order valence-corrected chi connectivity index (χ0v) is 22.1. The highest BCUT2D eigenvalue weighted by atomic mass is 16.4. The molecular weight excluding hydrogens is 496 g/mol. The number of nitrogens with zero attached hydrogens (tertiary/aromatic N) is 2. The lowest BCUT2D eigenvalue weighted by atomic mass is 9.63. The van der Waals surface area contributed by atoms with E-state index in [1.54, 1.807) is 16.7 Å². The van der Waals surface area contributed by atoms with Crippen LogP contribution in [0.3, 0.4) is 0 Å². The van der Waals surface area contributed by atoms with Crippen LogP contribution in [0.1, 0.15) is 55.8 Å². The number of rotatable bonds is 9. The number of aromatic nitrogens is 2. The number of aliphatic hydroxyl groups excluding tert-OH is 1. The van der Waals surface area contributed by atoms with Crippen LogP contribution in [-0.2, 0) is 13.1 Å². The molecule has 0 bridgehead atoms. The van der Waals surface area contributed by atoms with E-state index in [0.717, 1.165) is 24.0 Å². The Balaban J connectivity index is 1.04. The number of hydrogen-bond acceptors (Lipinski definition) is 7. The van der Waals surface area contributed by atoms with E-state index in [2.05, 4.69) is 15.2 Å². The molecule has 3 heterocycles. The molecule has 0 radical (unpaired) electrons. The minimum absolute atomic E-state index is 0.0401. The van der Waals surface area contributed by atoms with Crippen LogP contribution < -0.4 is 16.6 Å². The van der Waals surface area contributed by atoms with Gasteiger partial charge in [0.05, 0.1) is 17.1 Å². The summed E-state index contributed by atoms with van der Waals surface area (Å²) in [6.07, 6.45) is 6.94. The molecule has 9 nitrogen and oxygen atoms in total. The molecule has 0 amide bonds. The summed E-state index contributed by atoms with van der Waals surface area (Å²) in [5.74, 6) is -0.364. The summed E-state index contributed by atoms with van der Waals surface area (Å²) in [4.78, 5) is 29.4. The third-order valence-corrected chi connectivity index (χ3v) is 8.85. The number of piperidine rings is 1. The first kappa shape index (κ1) is 25.9. The Morgan fingerprint density at radius 2 is 1.85 bits per heavy atom. The van der Waals surface area contributed by atoms with E-state index >= 15 is 0 Å². The molecule has 2 aromatic carbocycles. The average Bonchev–Trinajstić information content (AvgIpc) is 3.22. The van der Waals surface area contributed by atoms with E-state index in [-0.39, 0.29) is 23.6 Å². The second kappa shape index (κ2) is 10.6. The number of H-pyrrole nitrogens is 1. The Hall–Kier alpha value is -3.40. The Morgan fingerprint density at radius 1 is 1.03 bits per heavy atom. The predicted molar refractivity (Wildman–Crippen MR) is 150 cm³/mol. The van der Waals surface area contributed by atoms with E-state index in [1.807, 2.05) is 18.2 Å². The minimum Gasteiger partial charge on any atom is -0.506 e. The molecular formula is C30H36N4O5. The standard InChI is InChI=1S/C30H36N4O5/c35-24-7-4-21(22-5-8-27(37)32-28(22)24)25(36)19-31-18-20-3-6-23-26(17-20)39-29(38)34(23)14-2-13-33-15-11-30(12-16-33)9-1-10-30/h3-8,17,25,31,35-36H,1-2,9-16,18-19H2,(H,32,37)/t25-/m0/s1. The van der Waals surface area contributed by atoms with Crippen LogP contribution in [-0.4, -0.2) is 50.8 Å². The van der Waals surface area contributed by atoms with Gasteiger partial charge in [-0.15, -0.1) is 0 Å². The van der Waals surface area contributed by atoms with Crippen molar-refractivity contribution in [3.05, 3.63) is 74.5 Å². The molecule has 1 atom stereocenters. The van der Waals surface area contributed by atoms with Gasteiger partial charge in [0.2, 0.25) is 5.56 Å². The van der Waals surface area contributed by atoms with Crippen molar-refractivity contribution in [3.8, 4) is 5.75 Å². The van der Waals surface area contributed by atoms with E-state index in [1.165, 1.54) is 57.3 Å². The molecule has 1 aliphatic heterocycles. The molecule has 2 aliphatic rings. The molecule has 1 spiro atoms. The van der Waals surface area contributed by atoms with E-state index in [9.17, 15) is 19.8 Å². The van der Waals surface area contributed by atoms with Gasteiger partial charge in [-0.1, -0.05) is 18.6 Å². The van der Waals surface area contributed by atoms with Gasteiger partial charge in [0.15, 0.2) is 5.58 Å². The van der Waals surface area contributed by atoms with Gasteiger partial charge in [-0.25, -0.2) is 4.79 Å². The van der Waals surface area contributed by atoms with Gasteiger partial charge in [-0.05, 0) is 92.5 Å². The maximum atomic E-state index is 12.6. The summed E-state index contributed by atoms with van der Waals surface area (Å²) in [5.41, 5.74) is 3.56. The predicted octanol–water partition coefficient (Wildman–Crippen LogP) is 3.62. The van der Waals surface area contributed by atoms with Crippen molar-refractivity contribution in [2.75, 3.05) is 26.2 Å². The number of aryl methyl sites for hydroxylation is 1. The summed E-state index contributed by atoms with van der Waals surface area (Å²) in [7, 11) is 0. The quantitative estimate of drug-likeness (QED) is 0.260. The van der Waals surface area contributed by atoms with Crippen molar-refractivity contribution in [3.63, 3.8) is 0 Å². The fourth-order valence-electron chi connectivity index (χ4n) is 6.33. The first-order chi connectivity index (χ1) is 18.9. The number of aromatic hydroxyl groups is 1. The molecule has 1 aliphatic carbocycles. The largest absolute Gasteiger partial charge is 0.506 e. The Labute approximate surface area is 226 Å². The van der Waals surface area contributed by atoms with Crippen LogP contribution in [0.2, 0.25) is 0 Å². The molecule has 1 saturated carbocycles. The maximum Gasteiger partial charge on any atom is 0.419 e. The summed E-state index contributed by atoms with van der Waals surface area (Å²) in [6, 6.07) is 11.9. The molecule has 39 heavy (non-hydrogen) atoms. The van der Waals surface area contributed by atoms with Gasteiger partial charge in [-0.3, -0.25) is 9.36 Å². The Bertz CT molecular complexity index is 1590. The number of aromatic amines is 1. The number of hydrogen-bond donors (Lipinski definition) is 4. The van der Waals surface area contributed by atoms with Gasteiger partial charge in [0.1, 0.15) is 5.75 Å². The fraction of sp³-hybridized carbons (Fsp3) is 0.467. The molecule has 4 aromatic rings. The zero-order chi connectivity index (χ0) is 27.0. The Kier molecular flexibility index (Phi) is 7.05. The van der Waals surface area contributed by atoms with Crippen LogP contribution in [0.15, 0.2) is 56.5 Å². The van der Waals surface area contributed by atoms with Crippen molar-refractivity contribution in [1.29, 1.82) is 0 Å². The molecule has 6 rings (SSSR count). The molecule has 0 unspecified atom stereocenters. The highest BCUT2D eigenvalue weighted by molar-refractivity contribution is 5.87. The topological polar surface area (TPSA) is 124 Å². The van der Waals surface area contributed by atoms with Crippen molar-refractivity contribution in [1.82, 2.24) is 19.8 Å². The van der Waals surface area contributed by atoms with Gasteiger partial charge in [-0.2, -0.15) is 0 Å². The summed E-state index contributed by atoms with van der Waals surface area (Å²) < 4.78 is 7.29. The lowest BCUT2D eigenvalue weighted by Crippen LogP contribution is -2.43. The van der Waals surface area contributed by atoms with Crippen molar-refractivity contribution in [2.24, 2.45) is 5.41 Å². The molecule has 9 heteroatoms. The second-order valence-electron chi connectivity index (χ2n) is 11.3. The van der Waals surface area contributed by atoms with Gasteiger partial charge in [0, 0.05) is 31.1 Å². The summed E-state index contributed by atoms with van der Waals surface area (Å²) in [6.45, 7) is 4.74. The van der Waals surface area contributed by atoms with E-state index in [4.69, 9.17) is 4.42 Å². The molecule has 4 N–H and O–H groups in total. The molecule has 2 aromatic heterocycles. The van der Waals surface area contributed by atoms with E-state index in [0.29, 0.717) is 40.6 Å². The lowest BCUT2D eigenvalue weighted by molar-refractivity contribution is 0.0328. The highest BCUT2D eigenvalue weighted by Gasteiger charge is 2.39. The normalized spacial score (nSPS) is 18.1. The van der Waals surface area contributed by atoms with Crippen molar-refractivity contribution < 1.29 is 14.6 Å². The van der Waals surface area contributed by atoms with Crippen LogP contribution in [0.5, 0.6) is 5.75 Å². The number of phenolic OH excluding ortho intramolecular Hbond substituents is 1. The van der Waals surface area contributed by atoms with Crippen LogP contribution in [0.4, 0.5) is 0 Å². The van der Waals surface area contributed by atoms with Crippen molar-refractivity contribution in [2.45, 2.75) is 57.7 Å². The van der Waals surface area contributed by atoms with Crippen LogP contribution in [0.25, 0.3) is 22.0 Å². The SMILES string of the molecule is O=c1ccc2c([C@@H](O)CNCc3ccc4c(c3)oc(=O)n4CCCN3CCC4(CCC4)CC3)ccc(O)c2[nH]1. The van der Waals surface area contributed by atoms with Crippen LogP contribution >= 0.6 is 0 Å². The van der Waals surface area contributed by atoms with Gasteiger partial charge in [0.25, 0.3) is 0 Å². The third-order valence-electron chi connectivity index (χ3n) is 8.85. The number of pyridine rings is 1. The molecule has 1 saturated heterocycles. The maximum absolute atomic E-state index is 12.6. The Morgan fingerprint density at radius 3 is 2.62 bits per heavy atom. The number of nitrogens with one attached hydrogen (secondary N) is 2. The number of phenols is 1. The molecule has 2 fully saturated rings. The van der Waals surface area contributed by atoms with Crippen LogP contribution in [0, 0.1) is 5.41 Å². The fourth-order valence-corrected chi connectivity index (χ4v) is 6.33. The lowest BCUT2D eigenvalue weighted by Gasteiger charge is -2.48. The number of benzene rings is 2. The smallest absolute Gasteiger partial charge is 0.419 e. The number of likely N-dealkylation sites (tertiary alicyclic amines) is 1. The van der Waals surface area contributed by atoms with E-state index < -0.39 is 6.10 Å². The minimum atomic E-state index is -0.846. The van der Waals surface area contributed by atoms with Gasteiger partial charge >= 0.3 is 5.76 Å². The second-order valence-corrected chi connectivity index (χ2v) is 11.3. The monoisotopic (exact) mass is 532 g/mol. The first-order valence-corrected chi connectivity index (χ1v) is 14.0. The van der Waals surface area contributed by atoms with Crippen molar-refractivity contribution >= 4 is 22.0 Å².